The Bertz CT molecular complexity index is 1040. The second-order valence-corrected chi connectivity index (χ2v) is 5.52. The minimum absolute atomic E-state index is 0.0201. The van der Waals surface area contributed by atoms with Crippen molar-refractivity contribution in [1.82, 2.24) is 4.98 Å². The van der Waals surface area contributed by atoms with Crippen LogP contribution in [0.5, 0.6) is 0 Å². The van der Waals surface area contributed by atoms with Crippen molar-refractivity contribution in [2.24, 2.45) is 0 Å². The molecule has 0 bridgehead atoms. The van der Waals surface area contributed by atoms with Gasteiger partial charge in [-0.3, -0.25) is 9.59 Å². The number of aromatic nitrogens is 1. The molecule has 1 heterocycles. The highest BCUT2D eigenvalue weighted by Gasteiger charge is 2.13. The van der Waals surface area contributed by atoms with Gasteiger partial charge < -0.3 is 10.6 Å². The summed E-state index contributed by atoms with van der Waals surface area (Å²) >= 11 is 0. The minimum atomic E-state index is -0.561. The van der Waals surface area contributed by atoms with Crippen molar-refractivity contribution in [3.05, 3.63) is 89.5 Å². The Morgan fingerprint density at radius 2 is 1.44 bits per heavy atom. The first-order chi connectivity index (χ1) is 13.0. The zero-order valence-electron chi connectivity index (χ0n) is 13.9. The number of hydrogen-bond acceptors (Lipinski definition) is 4. The normalized spacial score (nSPS) is 9.93. The Morgan fingerprint density at radius 3 is 2.04 bits per heavy atom. The van der Waals surface area contributed by atoms with Crippen LogP contribution in [0.25, 0.3) is 0 Å². The number of pyridine rings is 1. The summed E-state index contributed by atoms with van der Waals surface area (Å²) in [5, 5.41) is 14.0. The van der Waals surface area contributed by atoms with Gasteiger partial charge in [0.25, 0.3) is 11.8 Å². The average molecular weight is 360 g/mol. The van der Waals surface area contributed by atoms with Gasteiger partial charge in [-0.1, -0.05) is 12.1 Å². The van der Waals surface area contributed by atoms with Crippen LogP contribution in [0.1, 0.15) is 26.5 Å². The van der Waals surface area contributed by atoms with Crippen molar-refractivity contribution in [3.8, 4) is 6.07 Å². The fourth-order valence-corrected chi connectivity index (χ4v) is 2.27. The largest absolute Gasteiger partial charge is 0.321 e. The van der Waals surface area contributed by atoms with Crippen molar-refractivity contribution in [2.45, 2.75) is 0 Å². The molecule has 3 aromatic rings. The lowest BCUT2D eigenvalue weighted by Crippen LogP contribution is -2.18. The lowest BCUT2D eigenvalue weighted by molar-refractivity contribution is 0.101. The van der Waals surface area contributed by atoms with Crippen LogP contribution in [0.3, 0.4) is 0 Å². The van der Waals surface area contributed by atoms with E-state index < -0.39 is 17.6 Å². The number of halogens is 1. The van der Waals surface area contributed by atoms with Crippen LogP contribution < -0.4 is 10.6 Å². The van der Waals surface area contributed by atoms with Gasteiger partial charge in [0.15, 0.2) is 0 Å². The standard InChI is InChI=1S/C20H13FN4O2/c21-14-3-1-4-16(11-14)24-20(27)18-6-2-5-17(25-18)19(26)23-15-9-7-13(12-22)8-10-15/h1-11H,(H,23,26)(H,24,27). The Morgan fingerprint density at radius 1 is 0.852 bits per heavy atom. The molecule has 1 aromatic heterocycles. The first kappa shape index (κ1) is 17.8. The maximum absolute atomic E-state index is 13.2. The third kappa shape index (κ3) is 4.52. The number of nitrogens with one attached hydrogen (secondary N) is 2. The second kappa shape index (κ2) is 7.89. The van der Waals surface area contributed by atoms with E-state index in [2.05, 4.69) is 15.6 Å². The Hall–Kier alpha value is -4.05. The van der Waals surface area contributed by atoms with E-state index >= 15 is 0 Å². The van der Waals surface area contributed by atoms with E-state index in [4.69, 9.17) is 5.26 Å². The molecule has 27 heavy (non-hydrogen) atoms. The maximum Gasteiger partial charge on any atom is 0.274 e. The first-order valence-corrected chi connectivity index (χ1v) is 7.90. The summed E-state index contributed by atoms with van der Waals surface area (Å²) in [4.78, 5) is 28.6. The summed E-state index contributed by atoms with van der Waals surface area (Å²) in [6, 6.07) is 18.2. The zero-order valence-corrected chi connectivity index (χ0v) is 13.9. The van der Waals surface area contributed by atoms with Crippen LogP contribution in [-0.2, 0) is 0 Å². The van der Waals surface area contributed by atoms with E-state index in [9.17, 15) is 14.0 Å². The predicted molar refractivity (Wildman–Crippen MR) is 97.7 cm³/mol. The Kier molecular flexibility index (Phi) is 5.19. The van der Waals surface area contributed by atoms with E-state index in [1.54, 1.807) is 30.3 Å². The molecular weight excluding hydrogens is 347 g/mol. The molecule has 0 saturated carbocycles. The SMILES string of the molecule is N#Cc1ccc(NC(=O)c2cccc(C(=O)Nc3cccc(F)c3)n2)cc1. The summed E-state index contributed by atoms with van der Waals surface area (Å²) in [7, 11) is 0. The molecule has 0 spiro atoms. The highest BCUT2D eigenvalue weighted by Crippen LogP contribution is 2.13. The van der Waals surface area contributed by atoms with Gasteiger partial charge in [0, 0.05) is 11.4 Å². The number of nitriles is 1. The number of rotatable bonds is 4. The molecule has 0 fully saturated rings. The smallest absolute Gasteiger partial charge is 0.274 e. The van der Waals surface area contributed by atoms with Gasteiger partial charge in [-0.2, -0.15) is 5.26 Å². The highest BCUT2D eigenvalue weighted by molar-refractivity contribution is 6.06. The van der Waals surface area contributed by atoms with Gasteiger partial charge in [0.05, 0.1) is 11.6 Å². The molecule has 0 radical (unpaired) electrons. The Labute approximate surface area is 154 Å². The number of anilines is 2. The van der Waals surface area contributed by atoms with E-state index in [0.717, 1.165) is 0 Å². The molecule has 3 rings (SSSR count). The summed E-state index contributed by atoms with van der Waals surface area (Å²) in [5.41, 5.74) is 1.32. The number of hydrogen-bond donors (Lipinski definition) is 2. The third-order valence-corrected chi connectivity index (χ3v) is 3.57. The highest BCUT2D eigenvalue weighted by atomic mass is 19.1. The molecule has 2 N–H and O–H groups in total. The second-order valence-electron chi connectivity index (χ2n) is 5.52. The quantitative estimate of drug-likeness (QED) is 0.743. The average Bonchev–Trinajstić information content (AvgIpc) is 2.68. The summed E-state index contributed by atoms with van der Waals surface area (Å²) in [6.07, 6.45) is 0. The monoisotopic (exact) mass is 360 g/mol. The topological polar surface area (TPSA) is 94.9 Å². The van der Waals surface area contributed by atoms with E-state index in [1.807, 2.05) is 6.07 Å². The van der Waals surface area contributed by atoms with Crippen LogP contribution in [0.15, 0.2) is 66.7 Å². The predicted octanol–water partition coefficient (Wildman–Crippen LogP) is 3.60. The van der Waals surface area contributed by atoms with Crippen LogP contribution in [-0.4, -0.2) is 16.8 Å². The maximum atomic E-state index is 13.2. The van der Waals surface area contributed by atoms with E-state index in [0.29, 0.717) is 11.3 Å². The molecule has 0 aliphatic carbocycles. The van der Waals surface area contributed by atoms with Gasteiger partial charge in [-0.05, 0) is 54.6 Å². The summed E-state index contributed by atoms with van der Waals surface area (Å²) in [6.45, 7) is 0. The van der Waals surface area contributed by atoms with Crippen molar-refractivity contribution in [1.29, 1.82) is 5.26 Å². The fraction of sp³-hybridized carbons (Fsp3) is 0. The third-order valence-electron chi connectivity index (χ3n) is 3.57. The number of carbonyl (C=O) groups is 2. The molecule has 2 amide bonds. The van der Waals surface area contributed by atoms with Gasteiger partial charge in [-0.25, -0.2) is 9.37 Å². The minimum Gasteiger partial charge on any atom is -0.321 e. The zero-order chi connectivity index (χ0) is 19.2. The van der Waals surface area contributed by atoms with Crippen molar-refractivity contribution < 1.29 is 14.0 Å². The molecule has 0 aliphatic rings. The fourth-order valence-electron chi connectivity index (χ4n) is 2.27. The Balaban J connectivity index is 1.73. The molecule has 7 heteroatoms. The van der Waals surface area contributed by atoms with Gasteiger partial charge in [0.2, 0.25) is 0 Å². The van der Waals surface area contributed by atoms with E-state index in [-0.39, 0.29) is 17.1 Å². The first-order valence-electron chi connectivity index (χ1n) is 7.90. The van der Waals surface area contributed by atoms with Crippen LogP contribution in [0.2, 0.25) is 0 Å². The molecule has 6 nitrogen and oxygen atoms in total. The van der Waals surface area contributed by atoms with Crippen molar-refractivity contribution in [2.75, 3.05) is 10.6 Å². The molecular formula is C20H13FN4O2. The molecule has 2 aromatic carbocycles. The molecule has 0 aliphatic heterocycles. The van der Waals surface area contributed by atoms with Crippen LogP contribution in [0, 0.1) is 17.1 Å². The van der Waals surface area contributed by atoms with Gasteiger partial charge in [0.1, 0.15) is 17.2 Å². The number of nitrogens with zero attached hydrogens (tertiary/aromatic N) is 2. The van der Waals surface area contributed by atoms with Gasteiger partial charge in [-0.15, -0.1) is 0 Å². The van der Waals surface area contributed by atoms with Crippen LogP contribution >= 0.6 is 0 Å². The van der Waals surface area contributed by atoms with Crippen molar-refractivity contribution in [3.63, 3.8) is 0 Å². The molecule has 0 saturated heterocycles. The molecule has 0 atom stereocenters. The molecule has 0 unspecified atom stereocenters. The van der Waals surface area contributed by atoms with E-state index in [1.165, 1.54) is 36.4 Å². The van der Waals surface area contributed by atoms with Crippen molar-refractivity contribution >= 4 is 23.2 Å². The number of benzene rings is 2. The summed E-state index contributed by atoms with van der Waals surface area (Å²) < 4.78 is 13.2. The number of amides is 2. The van der Waals surface area contributed by atoms with Gasteiger partial charge >= 0.3 is 0 Å². The molecule has 132 valence electrons. The van der Waals surface area contributed by atoms with Crippen LogP contribution in [0.4, 0.5) is 15.8 Å². The summed E-state index contributed by atoms with van der Waals surface area (Å²) in [5.74, 6) is -1.54. The lowest BCUT2D eigenvalue weighted by Gasteiger charge is -2.07. The number of carbonyl (C=O) groups excluding carboxylic acids is 2. The lowest BCUT2D eigenvalue weighted by atomic mass is 10.2.